The molecule has 1 atom stereocenters. The minimum atomic E-state index is -0.248. The summed E-state index contributed by atoms with van der Waals surface area (Å²) in [5.41, 5.74) is 8.03. The molecule has 0 heterocycles. The van der Waals surface area contributed by atoms with E-state index in [1.807, 2.05) is 25.1 Å². The lowest BCUT2D eigenvalue weighted by Gasteiger charge is -2.07. The monoisotopic (exact) mass is 181 g/mol. The van der Waals surface area contributed by atoms with Gasteiger partial charge in [0.2, 0.25) is 0 Å². The molecule has 0 saturated heterocycles. The highest BCUT2D eigenvalue weighted by molar-refractivity contribution is 5.25. The summed E-state index contributed by atoms with van der Waals surface area (Å²) < 4.78 is 11.9. The van der Waals surface area contributed by atoms with Crippen molar-refractivity contribution in [1.29, 1.82) is 0 Å². The number of aryl methyl sites for hydroxylation is 1. The number of nitrogens with two attached hydrogens (primary N) is 1. The molecule has 0 saturated carbocycles. The summed E-state index contributed by atoms with van der Waals surface area (Å²) in [5.74, 6) is 0. The third-order valence-electron chi connectivity index (χ3n) is 2.08. The number of halogens is 1. The summed E-state index contributed by atoms with van der Waals surface area (Å²) in [6.45, 7) is 1.71. The summed E-state index contributed by atoms with van der Waals surface area (Å²) >= 11 is 0. The maximum atomic E-state index is 11.9. The SMILES string of the molecule is CC(N)c1cccc(CCCF)c1. The molecule has 0 spiro atoms. The van der Waals surface area contributed by atoms with Crippen molar-refractivity contribution in [2.75, 3.05) is 6.67 Å². The van der Waals surface area contributed by atoms with E-state index in [1.165, 1.54) is 5.56 Å². The molecule has 0 aliphatic carbocycles. The molecule has 2 N–H and O–H groups in total. The maximum Gasteiger partial charge on any atom is 0.0897 e. The third kappa shape index (κ3) is 3.15. The van der Waals surface area contributed by atoms with E-state index in [2.05, 4.69) is 6.07 Å². The van der Waals surface area contributed by atoms with Crippen molar-refractivity contribution in [3.8, 4) is 0 Å². The van der Waals surface area contributed by atoms with E-state index < -0.39 is 0 Å². The molecule has 1 nitrogen and oxygen atoms in total. The number of hydrogen-bond donors (Lipinski definition) is 1. The highest BCUT2D eigenvalue weighted by Crippen LogP contribution is 2.12. The first-order chi connectivity index (χ1) is 6.24. The summed E-state index contributed by atoms with van der Waals surface area (Å²) in [5, 5.41) is 0. The van der Waals surface area contributed by atoms with Crippen molar-refractivity contribution in [3.05, 3.63) is 35.4 Å². The lowest BCUT2D eigenvalue weighted by Crippen LogP contribution is -2.05. The topological polar surface area (TPSA) is 26.0 Å². The second-order valence-electron chi connectivity index (χ2n) is 3.33. The van der Waals surface area contributed by atoms with Crippen LogP contribution in [-0.4, -0.2) is 6.67 Å². The van der Waals surface area contributed by atoms with Gasteiger partial charge in [-0.05, 0) is 30.9 Å². The van der Waals surface area contributed by atoms with Crippen LogP contribution in [0.15, 0.2) is 24.3 Å². The van der Waals surface area contributed by atoms with Gasteiger partial charge in [-0.3, -0.25) is 4.39 Å². The molecule has 1 aromatic carbocycles. The third-order valence-corrected chi connectivity index (χ3v) is 2.08. The van der Waals surface area contributed by atoms with Crippen LogP contribution in [0.3, 0.4) is 0 Å². The van der Waals surface area contributed by atoms with E-state index in [9.17, 15) is 4.39 Å². The van der Waals surface area contributed by atoms with Gasteiger partial charge in [0, 0.05) is 6.04 Å². The van der Waals surface area contributed by atoms with Gasteiger partial charge < -0.3 is 5.73 Å². The zero-order valence-corrected chi connectivity index (χ0v) is 7.96. The molecule has 0 aromatic heterocycles. The number of alkyl halides is 1. The van der Waals surface area contributed by atoms with Crippen LogP contribution in [0.1, 0.15) is 30.5 Å². The summed E-state index contributed by atoms with van der Waals surface area (Å²) in [7, 11) is 0. The van der Waals surface area contributed by atoms with Crippen LogP contribution in [0.2, 0.25) is 0 Å². The van der Waals surface area contributed by atoms with E-state index in [0.717, 1.165) is 12.0 Å². The Morgan fingerprint density at radius 2 is 2.23 bits per heavy atom. The molecule has 0 fully saturated rings. The Labute approximate surface area is 78.8 Å². The van der Waals surface area contributed by atoms with Crippen LogP contribution in [-0.2, 0) is 6.42 Å². The van der Waals surface area contributed by atoms with Gasteiger partial charge in [0.05, 0.1) is 6.67 Å². The lowest BCUT2D eigenvalue weighted by molar-refractivity contribution is 0.473. The average molecular weight is 181 g/mol. The van der Waals surface area contributed by atoms with Crippen LogP contribution in [0.5, 0.6) is 0 Å². The summed E-state index contributed by atoms with van der Waals surface area (Å²) in [4.78, 5) is 0. The van der Waals surface area contributed by atoms with Crippen molar-refractivity contribution in [3.63, 3.8) is 0 Å². The molecule has 0 aliphatic rings. The molecule has 2 heteroatoms. The van der Waals surface area contributed by atoms with Gasteiger partial charge in [0.15, 0.2) is 0 Å². The van der Waals surface area contributed by atoms with Crippen LogP contribution in [0, 0.1) is 0 Å². The van der Waals surface area contributed by atoms with Gasteiger partial charge in [-0.1, -0.05) is 24.3 Å². The van der Waals surface area contributed by atoms with Gasteiger partial charge >= 0.3 is 0 Å². The molecule has 1 unspecified atom stereocenters. The molecule has 72 valence electrons. The van der Waals surface area contributed by atoms with Crippen LogP contribution in [0.4, 0.5) is 4.39 Å². The Morgan fingerprint density at radius 1 is 1.46 bits per heavy atom. The van der Waals surface area contributed by atoms with E-state index in [4.69, 9.17) is 5.73 Å². The molecular weight excluding hydrogens is 165 g/mol. The van der Waals surface area contributed by atoms with Crippen LogP contribution >= 0.6 is 0 Å². The standard InChI is InChI=1S/C11H16FN/c1-9(13)11-6-2-4-10(8-11)5-3-7-12/h2,4,6,8-9H,3,5,7,13H2,1H3. The quantitative estimate of drug-likeness (QED) is 0.759. The van der Waals surface area contributed by atoms with Crippen molar-refractivity contribution >= 4 is 0 Å². The van der Waals surface area contributed by atoms with Gasteiger partial charge in [0.1, 0.15) is 0 Å². The Bertz CT molecular complexity index is 258. The summed E-state index contributed by atoms with van der Waals surface area (Å²) in [6.07, 6.45) is 1.40. The molecular formula is C11H16FN. The normalized spacial score (nSPS) is 12.8. The fraction of sp³-hybridized carbons (Fsp3) is 0.455. The Kier molecular flexibility index (Phi) is 3.90. The predicted molar refractivity (Wildman–Crippen MR) is 53.3 cm³/mol. The number of rotatable bonds is 4. The fourth-order valence-electron chi connectivity index (χ4n) is 1.30. The molecule has 0 amide bonds. The molecule has 1 aromatic rings. The van der Waals surface area contributed by atoms with Crippen molar-refractivity contribution in [2.24, 2.45) is 5.73 Å². The minimum Gasteiger partial charge on any atom is -0.324 e. The fourth-order valence-corrected chi connectivity index (χ4v) is 1.30. The summed E-state index contributed by atoms with van der Waals surface area (Å²) in [6, 6.07) is 8.11. The van der Waals surface area contributed by atoms with Crippen molar-refractivity contribution in [1.82, 2.24) is 0 Å². The highest BCUT2D eigenvalue weighted by Gasteiger charge is 1.99. The van der Waals surface area contributed by atoms with E-state index in [1.54, 1.807) is 0 Å². The first-order valence-electron chi connectivity index (χ1n) is 4.64. The van der Waals surface area contributed by atoms with E-state index in [-0.39, 0.29) is 12.7 Å². The molecule has 13 heavy (non-hydrogen) atoms. The van der Waals surface area contributed by atoms with Gasteiger partial charge in [-0.25, -0.2) is 0 Å². The van der Waals surface area contributed by atoms with E-state index >= 15 is 0 Å². The Hall–Kier alpha value is -0.890. The number of benzene rings is 1. The van der Waals surface area contributed by atoms with Gasteiger partial charge in [-0.15, -0.1) is 0 Å². The Balaban J connectivity index is 2.68. The Morgan fingerprint density at radius 3 is 2.85 bits per heavy atom. The zero-order valence-electron chi connectivity index (χ0n) is 7.96. The second-order valence-corrected chi connectivity index (χ2v) is 3.33. The maximum absolute atomic E-state index is 11.9. The zero-order chi connectivity index (χ0) is 9.68. The smallest absolute Gasteiger partial charge is 0.0897 e. The van der Waals surface area contributed by atoms with Crippen molar-refractivity contribution < 1.29 is 4.39 Å². The molecule has 0 bridgehead atoms. The van der Waals surface area contributed by atoms with Crippen LogP contribution < -0.4 is 5.73 Å². The van der Waals surface area contributed by atoms with Gasteiger partial charge in [0.25, 0.3) is 0 Å². The largest absolute Gasteiger partial charge is 0.324 e. The first kappa shape index (κ1) is 10.2. The van der Waals surface area contributed by atoms with Crippen LogP contribution in [0.25, 0.3) is 0 Å². The minimum absolute atomic E-state index is 0.0605. The highest BCUT2D eigenvalue weighted by atomic mass is 19.1. The average Bonchev–Trinajstić information content (AvgIpc) is 2.15. The predicted octanol–water partition coefficient (Wildman–Crippen LogP) is 2.61. The van der Waals surface area contributed by atoms with Gasteiger partial charge in [-0.2, -0.15) is 0 Å². The molecule has 0 aliphatic heterocycles. The lowest BCUT2D eigenvalue weighted by atomic mass is 10.0. The second kappa shape index (κ2) is 4.97. The molecule has 0 radical (unpaired) electrons. The first-order valence-corrected chi connectivity index (χ1v) is 4.64. The van der Waals surface area contributed by atoms with E-state index in [0.29, 0.717) is 6.42 Å². The number of hydrogen-bond acceptors (Lipinski definition) is 1. The molecule has 1 rings (SSSR count). The van der Waals surface area contributed by atoms with Crippen molar-refractivity contribution in [2.45, 2.75) is 25.8 Å².